The van der Waals surface area contributed by atoms with E-state index >= 15 is 0 Å². The molecule has 0 amide bonds. The standard InChI is InChI=1S/C22H22ClN3O5S/c23-17-8-9-20-24-18(13-21(27)26(20)14-17)15-31-22(28)16-6-5-7-19(12-16)32(29,30)25-10-3-1-2-4-11-25/h5-9,12-14H,1-4,10-11,15H2. The second kappa shape index (κ2) is 9.40. The number of carbonyl (C=O) groups is 1. The molecule has 1 aromatic carbocycles. The van der Waals surface area contributed by atoms with Gasteiger partial charge in [-0.05, 0) is 43.2 Å². The molecule has 4 rings (SSSR count). The van der Waals surface area contributed by atoms with Crippen molar-refractivity contribution in [1.82, 2.24) is 13.7 Å². The van der Waals surface area contributed by atoms with Crippen molar-refractivity contribution in [2.45, 2.75) is 37.2 Å². The van der Waals surface area contributed by atoms with Gasteiger partial charge >= 0.3 is 5.97 Å². The number of esters is 1. The van der Waals surface area contributed by atoms with Crippen molar-refractivity contribution >= 4 is 33.2 Å². The molecule has 0 bridgehead atoms. The Morgan fingerprint density at radius 1 is 1.06 bits per heavy atom. The zero-order valence-electron chi connectivity index (χ0n) is 17.2. The van der Waals surface area contributed by atoms with Gasteiger partial charge in [0.1, 0.15) is 12.3 Å². The molecule has 3 aromatic rings. The minimum atomic E-state index is -3.68. The van der Waals surface area contributed by atoms with Gasteiger partial charge in [0.25, 0.3) is 5.56 Å². The number of nitrogens with zero attached hydrogens (tertiary/aromatic N) is 3. The molecule has 0 unspecified atom stereocenters. The summed E-state index contributed by atoms with van der Waals surface area (Å²) in [4.78, 5) is 29.2. The highest BCUT2D eigenvalue weighted by Crippen LogP contribution is 2.21. The molecule has 1 aliphatic heterocycles. The first-order chi connectivity index (χ1) is 15.3. The van der Waals surface area contributed by atoms with Crippen LogP contribution in [-0.4, -0.2) is 41.2 Å². The largest absolute Gasteiger partial charge is 0.456 e. The van der Waals surface area contributed by atoms with Gasteiger partial charge in [-0.1, -0.05) is 30.5 Å². The van der Waals surface area contributed by atoms with Gasteiger partial charge in [-0.15, -0.1) is 0 Å². The summed E-state index contributed by atoms with van der Waals surface area (Å²) in [6, 6.07) is 10.3. The summed E-state index contributed by atoms with van der Waals surface area (Å²) in [7, 11) is -3.68. The second-order valence-electron chi connectivity index (χ2n) is 7.58. The zero-order chi connectivity index (χ0) is 22.7. The maximum absolute atomic E-state index is 13.0. The average Bonchev–Trinajstić information content (AvgIpc) is 3.08. The Morgan fingerprint density at radius 3 is 2.56 bits per heavy atom. The Kier molecular flexibility index (Phi) is 6.59. The first-order valence-electron chi connectivity index (χ1n) is 10.3. The van der Waals surface area contributed by atoms with E-state index in [2.05, 4.69) is 4.98 Å². The molecule has 1 fully saturated rings. The second-order valence-corrected chi connectivity index (χ2v) is 9.96. The van der Waals surface area contributed by atoms with Crippen LogP contribution in [0.5, 0.6) is 0 Å². The number of halogens is 1. The van der Waals surface area contributed by atoms with Crippen LogP contribution in [0.2, 0.25) is 5.02 Å². The van der Waals surface area contributed by atoms with Crippen molar-refractivity contribution in [2.75, 3.05) is 13.1 Å². The van der Waals surface area contributed by atoms with Crippen LogP contribution in [0.15, 0.2) is 58.4 Å². The van der Waals surface area contributed by atoms with Crippen LogP contribution in [0.3, 0.4) is 0 Å². The molecular weight excluding hydrogens is 454 g/mol. The van der Waals surface area contributed by atoms with Gasteiger partial charge in [0.15, 0.2) is 0 Å². The van der Waals surface area contributed by atoms with Crippen molar-refractivity contribution in [3.05, 3.63) is 75.3 Å². The molecule has 0 N–H and O–H groups in total. The van der Waals surface area contributed by atoms with Gasteiger partial charge < -0.3 is 4.74 Å². The Bertz CT molecular complexity index is 1310. The lowest BCUT2D eigenvalue weighted by Crippen LogP contribution is -2.32. The summed E-state index contributed by atoms with van der Waals surface area (Å²) in [5.41, 5.74) is 0.414. The summed E-state index contributed by atoms with van der Waals surface area (Å²) in [6.07, 6.45) is 5.13. The van der Waals surface area contributed by atoms with Gasteiger partial charge in [0.05, 0.1) is 21.2 Å². The minimum absolute atomic E-state index is 0.0628. The Labute approximate surface area is 190 Å². The van der Waals surface area contributed by atoms with Crippen molar-refractivity contribution in [2.24, 2.45) is 0 Å². The van der Waals surface area contributed by atoms with Gasteiger partial charge in [-0.3, -0.25) is 9.20 Å². The lowest BCUT2D eigenvalue weighted by Gasteiger charge is -2.20. The number of benzene rings is 1. The Hall–Kier alpha value is -2.75. The van der Waals surface area contributed by atoms with E-state index < -0.39 is 16.0 Å². The fourth-order valence-electron chi connectivity index (χ4n) is 3.64. The molecule has 8 nitrogen and oxygen atoms in total. The molecule has 0 atom stereocenters. The monoisotopic (exact) mass is 475 g/mol. The van der Waals surface area contributed by atoms with Gasteiger partial charge in [0, 0.05) is 25.4 Å². The number of fused-ring (bicyclic) bond motifs is 1. The van der Waals surface area contributed by atoms with Crippen molar-refractivity contribution < 1.29 is 17.9 Å². The highest BCUT2D eigenvalue weighted by molar-refractivity contribution is 7.89. The van der Waals surface area contributed by atoms with E-state index in [1.165, 1.54) is 45.2 Å². The van der Waals surface area contributed by atoms with E-state index in [1.807, 2.05) is 0 Å². The fourth-order valence-corrected chi connectivity index (χ4v) is 5.36. The first-order valence-corrected chi connectivity index (χ1v) is 12.1. The molecule has 1 saturated heterocycles. The molecule has 0 radical (unpaired) electrons. The van der Waals surface area contributed by atoms with E-state index in [1.54, 1.807) is 12.1 Å². The molecule has 0 spiro atoms. The van der Waals surface area contributed by atoms with Crippen LogP contribution >= 0.6 is 11.6 Å². The van der Waals surface area contributed by atoms with Crippen LogP contribution in [0.4, 0.5) is 0 Å². The van der Waals surface area contributed by atoms with E-state index in [4.69, 9.17) is 16.3 Å². The molecular formula is C22H22ClN3O5S. The number of hydrogen-bond donors (Lipinski definition) is 0. The summed E-state index contributed by atoms with van der Waals surface area (Å²) in [6.45, 7) is 0.729. The quantitative estimate of drug-likeness (QED) is 0.525. The maximum Gasteiger partial charge on any atom is 0.338 e. The third-order valence-corrected chi connectivity index (χ3v) is 7.42. The van der Waals surface area contributed by atoms with E-state index in [-0.39, 0.29) is 28.3 Å². The van der Waals surface area contributed by atoms with Crippen LogP contribution in [-0.2, 0) is 21.4 Å². The smallest absolute Gasteiger partial charge is 0.338 e. The topological polar surface area (TPSA) is 98.0 Å². The molecule has 10 heteroatoms. The number of sulfonamides is 1. The van der Waals surface area contributed by atoms with E-state index in [0.717, 1.165) is 25.7 Å². The third kappa shape index (κ3) is 4.85. The maximum atomic E-state index is 13.0. The Morgan fingerprint density at radius 2 is 1.81 bits per heavy atom. The summed E-state index contributed by atoms with van der Waals surface area (Å²) >= 11 is 5.90. The number of ether oxygens (including phenoxy) is 1. The van der Waals surface area contributed by atoms with Crippen molar-refractivity contribution in [3.8, 4) is 0 Å². The van der Waals surface area contributed by atoms with E-state index in [0.29, 0.717) is 23.8 Å². The lowest BCUT2D eigenvalue weighted by molar-refractivity contribution is 0.0467. The number of pyridine rings is 1. The number of aromatic nitrogens is 2. The van der Waals surface area contributed by atoms with Gasteiger partial charge in [-0.25, -0.2) is 18.2 Å². The van der Waals surface area contributed by atoms with Gasteiger partial charge in [0.2, 0.25) is 10.0 Å². The Balaban J connectivity index is 1.50. The predicted octanol–water partition coefficient (Wildman–Crippen LogP) is 3.27. The number of hydrogen-bond acceptors (Lipinski definition) is 6. The van der Waals surface area contributed by atoms with Crippen LogP contribution in [0.25, 0.3) is 5.65 Å². The van der Waals surface area contributed by atoms with Crippen molar-refractivity contribution in [1.29, 1.82) is 0 Å². The summed E-state index contributed by atoms with van der Waals surface area (Å²) < 4.78 is 34.1. The molecule has 3 heterocycles. The highest BCUT2D eigenvalue weighted by Gasteiger charge is 2.26. The van der Waals surface area contributed by atoms with Crippen molar-refractivity contribution in [3.63, 3.8) is 0 Å². The number of rotatable bonds is 5. The van der Waals surface area contributed by atoms with Crippen LogP contribution < -0.4 is 5.56 Å². The molecule has 168 valence electrons. The van der Waals surface area contributed by atoms with Gasteiger partial charge in [-0.2, -0.15) is 4.31 Å². The molecule has 0 saturated carbocycles. The molecule has 1 aliphatic rings. The first kappa shape index (κ1) is 22.4. The fraction of sp³-hybridized carbons (Fsp3) is 0.318. The summed E-state index contributed by atoms with van der Waals surface area (Å²) in [5.74, 6) is -0.698. The minimum Gasteiger partial charge on any atom is -0.456 e. The van der Waals surface area contributed by atoms with Crippen LogP contribution in [0, 0.1) is 0 Å². The lowest BCUT2D eigenvalue weighted by atomic mass is 10.2. The highest BCUT2D eigenvalue weighted by atomic mass is 35.5. The molecule has 32 heavy (non-hydrogen) atoms. The number of carbonyl (C=O) groups excluding carboxylic acids is 1. The zero-order valence-corrected chi connectivity index (χ0v) is 18.8. The normalized spacial score (nSPS) is 15.4. The van der Waals surface area contributed by atoms with Crippen LogP contribution in [0.1, 0.15) is 41.7 Å². The third-order valence-electron chi connectivity index (χ3n) is 5.30. The molecule has 2 aromatic heterocycles. The average molecular weight is 476 g/mol. The predicted molar refractivity (Wildman–Crippen MR) is 119 cm³/mol. The summed E-state index contributed by atoms with van der Waals surface area (Å²) in [5, 5.41) is 0.399. The van der Waals surface area contributed by atoms with E-state index in [9.17, 15) is 18.0 Å². The molecule has 0 aliphatic carbocycles. The SMILES string of the molecule is O=C(OCc1cc(=O)n2cc(Cl)ccc2n1)c1cccc(S(=O)(=O)N2CCCCCC2)c1.